The molecule has 180 valence electrons. The molecule has 1 fully saturated rings. The fourth-order valence-corrected chi connectivity index (χ4v) is 4.90. The highest BCUT2D eigenvalue weighted by Crippen LogP contribution is 2.25. The molecule has 0 aliphatic carbocycles. The van der Waals surface area contributed by atoms with Crippen molar-refractivity contribution in [2.75, 3.05) is 18.0 Å². The number of anilines is 1. The van der Waals surface area contributed by atoms with Crippen molar-refractivity contribution in [1.29, 1.82) is 0 Å². The van der Waals surface area contributed by atoms with E-state index < -0.39 is 0 Å². The molecule has 34 heavy (non-hydrogen) atoms. The largest absolute Gasteiger partial charge is 0.371 e. The van der Waals surface area contributed by atoms with Gasteiger partial charge < -0.3 is 15.5 Å². The lowest BCUT2D eigenvalue weighted by Gasteiger charge is -2.35. The molecule has 7 heteroatoms. The molecule has 4 rings (SSSR count). The number of nitrogens with one attached hydrogen (secondary N) is 2. The third-order valence-electron chi connectivity index (χ3n) is 6.87. The van der Waals surface area contributed by atoms with Gasteiger partial charge in [0.1, 0.15) is 5.82 Å². The molecule has 1 amide bonds. The van der Waals surface area contributed by atoms with E-state index in [4.69, 9.17) is 0 Å². The molecule has 2 aromatic carbocycles. The van der Waals surface area contributed by atoms with Crippen LogP contribution in [0.2, 0.25) is 0 Å². The maximum Gasteiger partial charge on any atom is 0.251 e. The van der Waals surface area contributed by atoms with E-state index in [1.807, 2.05) is 36.0 Å². The van der Waals surface area contributed by atoms with Crippen molar-refractivity contribution >= 4 is 11.6 Å². The molecule has 6 nitrogen and oxygen atoms in total. The first kappa shape index (κ1) is 24.0. The minimum Gasteiger partial charge on any atom is -0.371 e. The van der Waals surface area contributed by atoms with Crippen LogP contribution in [0.3, 0.4) is 0 Å². The number of carbonyl (C=O) groups excluding carboxylic acids is 1. The van der Waals surface area contributed by atoms with Crippen molar-refractivity contribution in [3.8, 4) is 0 Å². The summed E-state index contributed by atoms with van der Waals surface area (Å²) >= 11 is 0. The van der Waals surface area contributed by atoms with E-state index in [2.05, 4.69) is 41.4 Å². The van der Waals surface area contributed by atoms with Gasteiger partial charge >= 0.3 is 0 Å². The summed E-state index contributed by atoms with van der Waals surface area (Å²) in [5.41, 5.74) is 5.79. The second-order valence-electron chi connectivity index (χ2n) is 9.18. The van der Waals surface area contributed by atoms with Crippen LogP contribution in [0.5, 0.6) is 0 Å². The van der Waals surface area contributed by atoms with Gasteiger partial charge in [-0.1, -0.05) is 18.2 Å². The Morgan fingerprint density at radius 1 is 1.12 bits per heavy atom. The van der Waals surface area contributed by atoms with Crippen molar-refractivity contribution in [1.82, 2.24) is 20.4 Å². The molecule has 1 aromatic heterocycles. The normalized spacial score (nSPS) is 15.4. The van der Waals surface area contributed by atoms with Crippen LogP contribution in [0.1, 0.15) is 58.7 Å². The van der Waals surface area contributed by atoms with Gasteiger partial charge in [0, 0.05) is 66.8 Å². The minimum absolute atomic E-state index is 0.171. The Morgan fingerprint density at radius 3 is 2.41 bits per heavy atom. The van der Waals surface area contributed by atoms with Gasteiger partial charge in [0.25, 0.3) is 5.91 Å². The number of aromatic nitrogens is 2. The van der Waals surface area contributed by atoms with E-state index >= 15 is 0 Å². The Morgan fingerprint density at radius 2 is 1.79 bits per heavy atom. The van der Waals surface area contributed by atoms with Crippen LogP contribution in [0, 0.1) is 19.7 Å². The Bertz CT molecular complexity index is 1130. The number of benzene rings is 2. The molecule has 1 atom stereocenters. The zero-order valence-corrected chi connectivity index (χ0v) is 20.4. The molecule has 0 saturated carbocycles. The molecule has 0 bridgehead atoms. The maximum atomic E-state index is 13.8. The number of rotatable bonds is 7. The summed E-state index contributed by atoms with van der Waals surface area (Å²) in [5.74, 6) is -0.510. The number of piperidine rings is 1. The minimum atomic E-state index is -0.309. The van der Waals surface area contributed by atoms with E-state index in [1.54, 1.807) is 18.2 Å². The number of amides is 1. The molecule has 2 heterocycles. The van der Waals surface area contributed by atoms with Gasteiger partial charge in [-0.3, -0.25) is 9.48 Å². The average molecular weight is 464 g/mol. The summed E-state index contributed by atoms with van der Waals surface area (Å²) in [6.07, 6.45) is 2.13. The monoisotopic (exact) mass is 463 g/mol. The van der Waals surface area contributed by atoms with Crippen molar-refractivity contribution in [3.05, 3.63) is 82.4 Å². The van der Waals surface area contributed by atoms with Crippen molar-refractivity contribution in [2.24, 2.45) is 7.05 Å². The Labute approximate surface area is 201 Å². The number of carbonyl (C=O) groups is 1. The molecule has 1 unspecified atom stereocenters. The zero-order chi connectivity index (χ0) is 24.2. The van der Waals surface area contributed by atoms with Crippen LogP contribution in [0.15, 0.2) is 48.5 Å². The van der Waals surface area contributed by atoms with Crippen LogP contribution in [-0.2, 0) is 13.6 Å². The summed E-state index contributed by atoms with van der Waals surface area (Å²) in [4.78, 5) is 14.8. The second-order valence-corrected chi connectivity index (χ2v) is 9.18. The summed E-state index contributed by atoms with van der Waals surface area (Å²) < 4.78 is 15.7. The molecule has 1 aliphatic rings. The molecule has 0 spiro atoms. The lowest BCUT2D eigenvalue weighted by atomic mass is 10.00. The summed E-state index contributed by atoms with van der Waals surface area (Å²) in [7, 11) is 2.00. The van der Waals surface area contributed by atoms with E-state index in [1.165, 1.54) is 17.3 Å². The summed E-state index contributed by atoms with van der Waals surface area (Å²) in [6.45, 7) is 8.53. The fourth-order valence-electron chi connectivity index (χ4n) is 4.90. The zero-order valence-electron chi connectivity index (χ0n) is 20.4. The fraction of sp³-hybridized carbons (Fsp3) is 0.407. The predicted molar refractivity (Wildman–Crippen MR) is 133 cm³/mol. The molecular formula is C27H34FN5O. The highest BCUT2D eigenvalue weighted by atomic mass is 19.1. The van der Waals surface area contributed by atoms with E-state index in [0.29, 0.717) is 17.2 Å². The van der Waals surface area contributed by atoms with Gasteiger partial charge in [-0.2, -0.15) is 5.10 Å². The van der Waals surface area contributed by atoms with E-state index in [-0.39, 0.29) is 24.3 Å². The van der Waals surface area contributed by atoms with Crippen LogP contribution in [0.25, 0.3) is 0 Å². The quantitative estimate of drug-likeness (QED) is 0.544. The highest BCUT2D eigenvalue weighted by Gasteiger charge is 2.23. The van der Waals surface area contributed by atoms with Crippen LogP contribution < -0.4 is 15.5 Å². The lowest BCUT2D eigenvalue weighted by Crippen LogP contribution is -2.43. The molecule has 1 saturated heterocycles. The van der Waals surface area contributed by atoms with E-state index in [9.17, 15) is 9.18 Å². The average Bonchev–Trinajstić information content (AvgIpc) is 3.10. The molecular weight excluding hydrogens is 429 g/mol. The van der Waals surface area contributed by atoms with Crippen LogP contribution in [-0.4, -0.2) is 34.8 Å². The summed E-state index contributed by atoms with van der Waals surface area (Å²) in [6, 6.07) is 14.9. The van der Waals surface area contributed by atoms with Crippen LogP contribution in [0.4, 0.5) is 10.1 Å². The van der Waals surface area contributed by atoms with Crippen LogP contribution >= 0.6 is 0 Å². The highest BCUT2D eigenvalue weighted by molar-refractivity contribution is 5.94. The van der Waals surface area contributed by atoms with Gasteiger partial charge in [0.2, 0.25) is 0 Å². The Hall–Kier alpha value is -3.19. The van der Waals surface area contributed by atoms with Crippen molar-refractivity contribution in [2.45, 2.75) is 52.2 Å². The maximum absolute atomic E-state index is 13.8. The molecule has 0 radical (unpaired) electrons. The molecule has 2 N–H and O–H groups in total. The SMILES string of the molecule is Cc1nn(C)c(C)c1C(C)NC1CCN(c2ccc(C(=O)NCc3ccccc3F)cc2)CC1. The topological polar surface area (TPSA) is 62.2 Å². The third kappa shape index (κ3) is 5.30. The van der Waals surface area contributed by atoms with Gasteiger partial charge in [-0.05, 0) is 63.9 Å². The first-order valence-corrected chi connectivity index (χ1v) is 12.0. The first-order valence-electron chi connectivity index (χ1n) is 12.0. The van der Waals surface area contributed by atoms with Gasteiger partial charge in [-0.25, -0.2) is 4.39 Å². The number of aryl methyl sites for hydroxylation is 2. The Kier molecular flexibility index (Phi) is 7.32. The van der Waals surface area contributed by atoms with Crippen molar-refractivity contribution in [3.63, 3.8) is 0 Å². The number of halogens is 1. The summed E-state index contributed by atoms with van der Waals surface area (Å²) in [5, 5.41) is 11.1. The standard InChI is InChI=1S/C27H34FN5O/c1-18(26-19(2)31-32(4)20(26)3)30-23-13-15-33(16-14-23)24-11-9-21(10-12-24)27(34)29-17-22-7-5-6-8-25(22)28/h5-12,18,23,30H,13-17H2,1-4H3,(H,29,34). The Balaban J connectivity index is 1.28. The van der Waals surface area contributed by atoms with Crippen molar-refractivity contribution < 1.29 is 9.18 Å². The number of nitrogens with zero attached hydrogens (tertiary/aromatic N) is 3. The smallest absolute Gasteiger partial charge is 0.251 e. The lowest BCUT2D eigenvalue weighted by molar-refractivity contribution is 0.0950. The van der Waals surface area contributed by atoms with Gasteiger partial charge in [0.15, 0.2) is 0 Å². The van der Waals surface area contributed by atoms with E-state index in [0.717, 1.165) is 37.3 Å². The second kappa shape index (κ2) is 10.4. The first-order chi connectivity index (χ1) is 16.3. The number of hydrogen-bond acceptors (Lipinski definition) is 4. The molecule has 1 aliphatic heterocycles. The van der Waals surface area contributed by atoms with Gasteiger partial charge in [0.05, 0.1) is 5.69 Å². The number of hydrogen-bond donors (Lipinski definition) is 2. The molecule has 3 aromatic rings. The van der Waals surface area contributed by atoms with Gasteiger partial charge in [-0.15, -0.1) is 0 Å². The third-order valence-corrected chi connectivity index (χ3v) is 6.87. The predicted octanol–water partition coefficient (Wildman–Crippen LogP) is 4.43.